The van der Waals surface area contributed by atoms with Crippen molar-refractivity contribution < 1.29 is 4.79 Å². The summed E-state index contributed by atoms with van der Waals surface area (Å²) in [5.74, 6) is 5.23. The van der Waals surface area contributed by atoms with Crippen molar-refractivity contribution in [2.24, 2.45) is 5.84 Å². The predicted molar refractivity (Wildman–Crippen MR) is 61.4 cm³/mol. The molecule has 82 valence electrons. The summed E-state index contributed by atoms with van der Waals surface area (Å²) >= 11 is 0. The lowest BCUT2D eigenvalue weighted by atomic mass is 10.1. The second-order valence-electron chi connectivity index (χ2n) is 3.45. The van der Waals surface area contributed by atoms with Gasteiger partial charge in [0.15, 0.2) is 0 Å². The van der Waals surface area contributed by atoms with Crippen LogP contribution >= 0.6 is 0 Å². The van der Waals surface area contributed by atoms with Crippen molar-refractivity contribution in [2.45, 2.75) is 13.3 Å². The van der Waals surface area contributed by atoms with Crippen molar-refractivity contribution in [2.75, 3.05) is 18.5 Å². The van der Waals surface area contributed by atoms with Gasteiger partial charge in [-0.3, -0.25) is 16.1 Å². The first-order valence-corrected chi connectivity index (χ1v) is 4.92. The van der Waals surface area contributed by atoms with Crippen molar-refractivity contribution in [3.8, 4) is 0 Å². The molecular formula is C11H17N3O. The molecule has 15 heavy (non-hydrogen) atoms. The molecule has 0 heterocycles. The summed E-state index contributed by atoms with van der Waals surface area (Å²) in [6, 6.07) is 7.89. The third-order valence-electron chi connectivity index (χ3n) is 2.35. The Bertz CT molecular complexity index is 321. The van der Waals surface area contributed by atoms with E-state index in [4.69, 9.17) is 5.84 Å². The van der Waals surface area contributed by atoms with Crippen LogP contribution in [0.25, 0.3) is 0 Å². The van der Waals surface area contributed by atoms with Crippen molar-refractivity contribution in [1.29, 1.82) is 0 Å². The van der Waals surface area contributed by atoms with Gasteiger partial charge >= 0.3 is 0 Å². The molecule has 1 aromatic carbocycles. The van der Waals surface area contributed by atoms with Crippen molar-refractivity contribution in [3.63, 3.8) is 0 Å². The molecule has 4 nitrogen and oxygen atoms in total. The zero-order chi connectivity index (χ0) is 11.3. The second kappa shape index (κ2) is 5.48. The molecular weight excluding hydrogens is 190 g/mol. The Balaban J connectivity index is 2.67. The molecule has 3 N–H and O–H groups in total. The number of hydrogen-bond acceptors (Lipinski definition) is 3. The Morgan fingerprint density at radius 1 is 1.40 bits per heavy atom. The number of amides is 1. The van der Waals surface area contributed by atoms with Gasteiger partial charge in [-0.25, -0.2) is 0 Å². The van der Waals surface area contributed by atoms with E-state index in [-0.39, 0.29) is 5.91 Å². The van der Waals surface area contributed by atoms with E-state index >= 15 is 0 Å². The Hall–Kier alpha value is -1.39. The highest BCUT2D eigenvalue weighted by Gasteiger charge is 2.04. The lowest BCUT2D eigenvalue weighted by Gasteiger charge is -2.15. The molecule has 0 aliphatic heterocycles. The Morgan fingerprint density at radius 2 is 2.00 bits per heavy atom. The van der Waals surface area contributed by atoms with E-state index in [1.807, 2.05) is 24.3 Å². The van der Waals surface area contributed by atoms with Crippen molar-refractivity contribution in [3.05, 3.63) is 29.8 Å². The van der Waals surface area contributed by atoms with Crippen LogP contribution < -0.4 is 16.2 Å². The highest BCUT2D eigenvalue weighted by Crippen LogP contribution is 2.13. The molecule has 0 aliphatic rings. The van der Waals surface area contributed by atoms with Crippen LogP contribution in [0.5, 0.6) is 0 Å². The maximum absolute atomic E-state index is 11.1. The van der Waals surface area contributed by atoms with E-state index in [0.29, 0.717) is 0 Å². The summed E-state index contributed by atoms with van der Waals surface area (Å²) < 4.78 is 0. The minimum atomic E-state index is 0.0337. The van der Waals surface area contributed by atoms with Crippen LogP contribution in [-0.2, 0) is 11.2 Å². The molecule has 0 aliphatic carbocycles. The third kappa shape index (κ3) is 3.34. The van der Waals surface area contributed by atoms with Crippen LogP contribution in [-0.4, -0.2) is 19.5 Å². The first kappa shape index (κ1) is 11.7. The smallest absolute Gasteiger partial charge is 0.223 e. The molecule has 0 atom stereocenters. The maximum Gasteiger partial charge on any atom is 0.223 e. The van der Waals surface area contributed by atoms with Gasteiger partial charge in [0, 0.05) is 26.2 Å². The van der Waals surface area contributed by atoms with E-state index in [0.717, 1.165) is 18.7 Å². The Morgan fingerprint density at radius 3 is 2.47 bits per heavy atom. The molecule has 1 rings (SSSR count). The van der Waals surface area contributed by atoms with E-state index in [1.165, 1.54) is 5.56 Å². The molecule has 0 bridgehead atoms. The summed E-state index contributed by atoms with van der Waals surface area (Å²) in [7, 11) is 1.76. The number of hydrogen-bond donors (Lipinski definition) is 2. The molecule has 4 heteroatoms. The molecule has 0 fully saturated rings. The highest BCUT2D eigenvalue weighted by atomic mass is 16.2. The lowest BCUT2D eigenvalue weighted by molar-refractivity contribution is -0.116. The van der Waals surface area contributed by atoms with Crippen LogP contribution in [0.4, 0.5) is 5.69 Å². The van der Waals surface area contributed by atoms with Gasteiger partial charge in [0.1, 0.15) is 0 Å². The fraction of sp³-hybridized carbons (Fsp3) is 0.364. The number of nitrogens with one attached hydrogen (secondary N) is 1. The molecule has 0 saturated heterocycles. The molecule has 0 saturated carbocycles. The molecule has 0 aromatic heterocycles. The number of carbonyl (C=O) groups is 1. The Labute approximate surface area is 90.0 Å². The Kier molecular flexibility index (Phi) is 4.27. The summed E-state index contributed by atoms with van der Waals surface area (Å²) in [6.45, 7) is 2.30. The number of rotatable bonds is 4. The fourth-order valence-corrected chi connectivity index (χ4v) is 1.28. The van der Waals surface area contributed by atoms with Crippen LogP contribution in [0.3, 0.4) is 0 Å². The largest absolute Gasteiger partial charge is 0.316 e. The quantitative estimate of drug-likeness (QED) is 0.563. The zero-order valence-electron chi connectivity index (χ0n) is 9.16. The molecule has 0 unspecified atom stereocenters. The zero-order valence-corrected chi connectivity index (χ0v) is 9.16. The first-order valence-electron chi connectivity index (χ1n) is 4.92. The van der Waals surface area contributed by atoms with Gasteiger partial charge in [0.05, 0.1) is 0 Å². The number of nitrogens with zero attached hydrogens (tertiary/aromatic N) is 1. The van der Waals surface area contributed by atoms with Gasteiger partial charge in [-0.2, -0.15) is 0 Å². The van der Waals surface area contributed by atoms with Gasteiger partial charge in [0.2, 0.25) is 5.91 Å². The standard InChI is InChI=1S/C11H17N3O/c1-9(15)14(2)11-5-3-10(4-6-11)7-8-13-12/h3-6,13H,7-8,12H2,1-2H3. The normalized spacial score (nSPS) is 10.1. The number of anilines is 1. The highest BCUT2D eigenvalue weighted by molar-refractivity contribution is 5.90. The van der Waals surface area contributed by atoms with Crippen LogP contribution in [0.2, 0.25) is 0 Å². The van der Waals surface area contributed by atoms with Crippen LogP contribution in [0, 0.1) is 0 Å². The molecule has 1 aromatic rings. The van der Waals surface area contributed by atoms with Gasteiger partial charge in [-0.05, 0) is 24.1 Å². The van der Waals surface area contributed by atoms with Gasteiger partial charge in [-0.1, -0.05) is 12.1 Å². The molecule has 0 spiro atoms. The van der Waals surface area contributed by atoms with Gasteiger partial charge < -0.3 is 4.90 Å². The van der Waals surface area contributed by atoms with E-state index < -0.39 is 0 Å². The van der Waals surface area contributed by atoms with Crippen molar-refractivity contribution in [1.82, 2.24) is 5.43 Å². The molecule has 1 amide bonds. The maximum atomic E-state index is 11.1. The summed E-state index contributed by atoms with van der Waals surface area (Å²) in [6.07, 6.45) is 0.889. The van der Waals surface area contributed by atoms with Crippen LogP contribution in [0.15, 0.2) is 24.3 Å². The third-order valence-corrected chi connectivity index (χ3v) is 2.35. The minimum absolute atomic E-state index is 0.0337. The summed E-state index contributed by atoms with van der Waals surface area (Å²) in [5.41, 5.74) is 4.72. The summed E-state index contributed by atoms with van der Waals surface area (Å²) in [4.78, 5) is 12.7. The number of nitrogens with two attached hydrogens (primary N) is 1. The first-order chi connectivity index (χ1) is 7.15. The predicted octanol–water partition coefficient (Wildman–Crippen LogP) is 0.675. The van der Waals surface area contributed by atoms with E-state index in [9.17, 15) is 4.79 Å². The fourth-order valence-electron chi connectivity index (χ4n) is 1.28. The van der Waals surface area contributed by atoms with Gasteiger partial charge in [0.25, 0.3) is 0 Å². The number of hydrazine groups is 1. The monoisotopic (exact) mass is 207 g/mol. The molecule has 0 radical (unpaired) electrons. The average Bonchev–Trinajstić information content (AvgIpc) is 2.26. The van der Waals surface area contributed by atoms with Gasteiger partial charge in [-0.15, -0.1) is 0 Å². The average molecular weight is 207 g/mol. The number of benzene rings is 1. The van der Waals surface area contributed by atoms with Crippen molar-refractivity contribution >= 4 is 11.6 Å². The van der Waals surface area contributed by atoms with Crippen LogP contribution in [0.1, 0.15) is 12.5 Å². The lowest BCUT2D eigenvalue weighted by Crippen LogP contribution is -2.24. The second-order valence-corrected chi connectivity index (χ2v) is 3.45. The number of carbonyl (C=O) groups excluding carboxylic acids is 1. The van der Waals surface area contributed by atoms with E-state index in [1.54, 1.807) is 18.9 Å². The SMILES string of the molecule is CC(=O)N(C)c1ccc(CCNN)cc1. The topological polar surface area (TPSA) is 58.4 Å². The minimum Gasteiger partial charge on any atom is -0.316 e. The summed E-state index contributed by atoms with van der Waals surface area (Å²) in [5, 5.41) is 0. The van der Waals surface area contributed by atoms with E-state index in [2.05, 4.69) is 5.43 Å².